The summed E-state index contributed by atoms with van der Waals surface area (Å²) in [6.07, 6.45) is 3.16. The van der Waals surface area contributed by atoms with Crippen LogP contribution in [0.5, 0.6) is 0 Å². The van der Waals surface area contributed by atoms with Crippen LogP contribution in [0.25, 0.3) is 6.08 Å². The van der Waals surface area contributed by atoms with Crippen molar-refractivity contribution >= 4 is 46.0 Å². The van der Waals surface area contributed by atoms with E-state index >= 15 is 0 Å². The molecule has 196 valence electrons. The fourth-order valence-electron chi connectivity index (χ4n) is 5.87. The van der Waals surface area contributed by atoms with Gasteiger partial charge in [0.15, 0.2) is 5.17 Å². The molecule has 1 unspecified atom stereocenters. The van der Waals surface area contributed by atoms with Crippen LogP contribution in [0.1, 0.15) is 56.7 Å². The van der Waals surface area contributed by atoms with Gasteiger partial charge < -0.3 is 14.5 Å². The zero-order chi connectivity index (χ0) is 26.3. The average molecular weight is 519 g/mol. The highest BCUT2D eigenvalue weighted by atomic mass is 32.2. The Morgan fingerprint density at radius 2 is 1.86 bits per heavy atom. The summed E-state index contributed by atoms with van der Waals surface area (Å²) in [7, 11) is 1.81. The number of benzene rings is 2. The topological polar surface area (TPSA) is 48.4 Å². The minimum absolute atomic E-state index is 0.00447. The second-order valence-electron chi connectivity index (χ2n) is 10.9. The van der Waals surface area contributed by atoms with Crippen molar-refractivity contribution in [3.63, 3.8) is 0 Å². The van der Waals surface area contributed by atoms with Gasteiger partial charge in [0.1, 0.15) is 0 Å². The summed E-state index contributed by atoms with van der Waals surface area (Å²) in [4.78, 5) is 25.2. The van der Waals surface area contributed by atoms with E-state index in [9.17, 15) is 4.79 Å². The van der Waals surface area contributed by atoms with Gasteiger partial charge in [-0.1, -0.05) is 6.92 Å². The summed E-state index contributed by atoms with van der Waals surface area (Å²) < 4.78 is 5.45. The van der Waals surface area contributed by atoms with E-state index in [0.717, 1.165) is 50.5 Å². The first-order chi connectivity index (χ1) is 17.7. The number of hydrogen-bond donors (Lipinski definition) is 0. The van der Waals surface area contributed by atoms with Crippen molar-refractivity contribution in [3.8, 4) is 0 Å². The van der Waals surface area contributed by atoms with Crippen molar-refractivity contribution in [2.24, 2.45) is 4.99 Å². The number of carbonyl (C=O) groups excluding carboxylic acids is 1. The molecular weight excluding hydrogens is 480 g/mol. The van der Waals surface area contributed by atoms with E-state index in [1.807, 2.05) is 18.2 Å². The van der Waals surface area contributed by atoms with Crippen LogP contribution in [0, 0.1) is 6.92 Å². The van der Waals surface area contributed by atoms with Gasteiger partial charge in [-0.2, -0.15) is 0 Å². The lowest BCUT2D eigenvalue weighted by atomic mass is 9.79. The summed E-state index contributed by atoms with van der Waals surface area (Å²) in [5, 5.41) is 0.707. The molecule has 6 nitrogen and oxygen atoms in total. The van der Waals surface area contributed by atoms with E-state index < -0.39 is 0 Å². The predicted octanol–water partition coefficient (Wildman–Crippen LogP) is 6.18. The van der Waals surface area contributed by atoms with E-state index in [4.69, 9.17) is 9.73 Å². The number of thioether (sulfide) groups is 1. The predicted molar refractivity (Wildman–Crippen MR) is 156 cm³/mol. The molecule has 3 heterocycles. The quantitative estimate of drug-likeness (QED) is 0.453. The number of ether oxygens (including phenoxy) is 1. The van der Waals surface area contributed by atoms with E-state index in [1.54, 1.807) is 11.9 Å². The lowest BCUT2D eigenvalue weighted by Crippen LogP contribution is -2.48. The van der Waals surface area contributed by atoms with Crippen molar-refractivity contribution in [1.82, 2.24) is 4.90 Å². The fraction of sp³-hybridized carbons (Fsp3) is 0.467. The molecule has 0 aromatic heterocycles. The Morgan fingerprint density at radius 1 is 1.16 bits per heavy atom. The first-order valence-corrected chi connectivity index (χ1v) is 14.1. The van der Waals surface area contributed by atoms with E-state index in [-0.39, 0.29) is 11.4 Å². The number of amidine groups is 1. The van der Waals surface area contributed by atoms with E-state index in [2.05, 4.69) is 68.7 Å². The molecule has 0 aliphatic carbocycles. The minimum Gasteiger partial charge on any atom is -0.378 e. The number of carbonyl (C=O) groups is 1. The molecular formula is C30H38N4O2S. The number of nitrogens with zero attached hydrogens (tertiary/aromatic N) is 4. The standard InChI is InChI=1S/C30H38N4O2S/c1-7-34-26-16-20(2)22(17-25(26)21(3)19-30(34,4)5)18-27-28(35)32(6)29(37-27)31-23-8-10-24(11-9-23)33-12-14-36-15-13-33/h8-11,16-18,21H,7,12-15,19H2,1-6H3/b27-18+,31-29?. The summed E-state index contributed by atoms with van der Waals surface area (Å²) in [5.41, 5.74) is 7.17. The molecule has 3 aliphatic rings. The van der Waals surface area contributed by atoms with Crippen LogP contribution >= 0.6 is 11.8 Å². The van der Waals surface area contributed by atoms with Crippen molar-refractivity contribution in [3.05, 3.63) is 58.0 Å². The number of aliphatic imine (C=N–C) groups is 1. The average Bonchev–Trinajstić information content (AvgIpc) is 3.13. The second-order valence-corrected chi connectivity index (χ2v) is 11.9. The van der Waals surface area contributed by atoms with Crippen LogP contribution < -0.4 is 9.80 Å². The van der Waals surface area contributed by atoms with Crippen molar-refractivity contribution in [2.75, 3.05) is 49.7 Å². The Bertz CT molecular complexity index is 1240. The monoisotopic (exact) mass is 518 g/mol. The highest BCUT2D eigenvalue weighted by Crippen LogP contribution is 2.45. The van der Waals surface area contributed by atoms with Crippen LogP contribution in [-0.4, -0.2) is 61.4 Å². The van der Waals surface area contributed by atoms with Gasteiger partial charge in [-0.25, -0.2) is 4.99 Å². The molecule has 1 amide bonds. The van der Waals surface area contributed by atoms with Crippen molar-refractivity contribution < 1.29 is 9.53 Å². The Hall–Kier alpha value is -2.77. The number of fused-ring (bicyclic) bond motifs is 1. The third-order valence-corrected chi connectivity index (χ3v) is 8.89. The van der Waals surface area contributed by atoms with Crippen molar-refractivity contribution in [1.29, 1.82) is 0 Å². The molecule has 37 heavy (non-hydrogen) atoms. The highest BCUT2D eigenvalue weighted by Gasteiger charge is 2.36. The third-order valence-electron chi connectivity index (χ3n) is 7.83. The Labute approximate surface area is 225 Å². The first kappa shape index (κ1) is 25.9. The highest BCUT2D eigenvalue weighted by molar-refractivity contribution is 8.18. The van der Waals surface area contributed by atoms with Crippen LogP contribution in [0.15, 0.2) is 46.3 Å². The smallest absolute Gasteiger partial charge is 0.266 e. The minimum atomic E-state index is -0.00447. The Morgan fingerprint density at radius 3 is 2.54 bits per heavy atom. The van der Waals surface area contributed by atoms with Crippen LogP contribution in [0.4, 0.5) is 17.1 Å². The molecule has 7 heteroatoms. The summed E-state index contributed by atoms with van der Waals surface area (Å²) in [5.74, 6) is 0.466. The van der Waals surface area contributed by atoms with Gasteiger partial charge in [0.2, 0.25) is 0 Å². The second kappa shape index (κ2) is 10.2. The largest absolute Gasteiger partial charge is 0.378 e. The van der Waals surface area contributed by atoms with Gasteiger partial charge in [-0.05, 0) is 111 Å². The zero-order valence-corrected chi connectivity index (χ0v) is 23.7. The molecule has 2 fully saturated rings. The maximum atomic E-state index is 13.1. The van der Waals surface area contributed by atoms with Gasteiger partial charge in [0, 0.05) is 43.6 Å². The molecule has 2 aromatic carbocycles. The van der Waals surface area contributed by atoms with Crippen LogP contribution in [-0.2, 0) is 9.53 Å². The van der Waals surface area contributed by atoms with E-state index in [0.29, 0.717) is 16.0 Å². The molecule has 2 saturated heterocycles. The summed E-state index contributed by atoms with van der Waals surface area (Å²) in [6.45, 7) is 15.7. The Balaban J connectivity index is 1.40. The number of aryl methyl sites for hydroxylation is 1. The van der Waals surface area contributed by atoms with Crippen LogP contribution in [0.2, 0.25) is 0 Å². The number of morpholine rings is 1. The lowest BCUT2D eigenvalue weighted by Gasteiger charge is -2.47. The summed E-state index contributed by atoms with van der Waals surface area (Å²) in [6, 6.07) is 12.8. The molecule has 0 bridgehead atoms. The van der Waals surface area contributed by atoms with Gasteiger partial charge in [0.25, 0.3) is 5.91 Å². The summed E-state index contributed by atoms with van der Waals surface area (Å²) >= 11 is 1.45. The molecule has 0 spiro atoms. The molecule has 0 radical (unpaired) electrons. The van der Waals surface area contributed by atoms with Gasteiger partial charge >= 0.3 is 0 Å². The van der Waals surface area contributed by atoms with E-state index in [1.165, 1.54) is 34.3 Å². The van der Waals surface area contributed by atoms with Gasteiger partial charge in [-0.15, -0.1) is 0 Å². The van der Waals surface area contributed by atoms with Crippen LogP contribution in [0.3, 0.4) is 0 Å². The molecule has 1 atom stereocenters. The van der Waals surface area contributed by atoms with Gasteiger partial charge in [0.05, 0.1) is 23.8 Å². The molecule has 0 saturated carbocycles. The third kappa shape index (κ3) is 5.04. The maximum Gasteiger partial charge on any atom is 0.266 e. The Kier molecular flexibility index (Phi) is 7.12. The number of rotatable bonds is 4. The first-order valence-electron chi connectivity index (χ1n) is 13.3. The van der Waals surface area contributed by atoms with Gasteiger partial charge in [-0.3, -0.25) is 9.69 Å². The zero-order valence-electron chi connectivity index (χ0n) is 22.9. The normalized spacial score (nSPS) is 23.8. The molecule has 2 aromatic rings. The number of amides is 1. The lowest BCUT2D eigenvalue weighted by molar-refractivity contribution is -0.121. The SMILES string of the molecule is CCN1c2cc(C)c(/C=C3/SC(=Nc4ccc(N5CCOCC5)cc4)N(C)C3=O)cc2C(C)CC1(C)C. The number of likely N-dealkylation sites (N-methyl/N-ethyl adjacent to an activating group) is 1. The maximum absolute atomic E-state index is 13.1. The molecule has 3 aliphatic heterocycles. The number of hydrogen-bond acceptors (Lipinski definition) is 6. The number of anilines is 2. The van der Waals surface area contributed by atoms with Crippen molar-refractivity contribution in [2.45, 2.75) is 52.5 Å². The molecule has 5 rings (SSSR count). The fourth-order valence-corrected chi connectivity index (χ4v) is 6.85. The molecule has 0 N–H and O–H groups in total.